The van der Waals surface area contributed by atoms with E-state index < -0.39 is 5.66 Å². The van der Waals surface area contributed by atoms with Crippen LogP contribution in [0.1, 0.15) is 0 Å². The minimum atomic E-state index is -0.645. The number of rotatable bonds is 2. The van der Waals surface area contributed by atoms with Crippen molar-refractivity contribution in [2.24, 2.45) is 11.5 Å². The molecule has 0 amide bonds. The minimum absolute atomic E-state index is 0.158. The summed E-state index contributed by atoms with van der Waals surface area (Å²) in [6, 6.07) is 0. The highest BCUT2D eigenvalue weighted by atomic mass is 16.5. The summed E-state index contributed by atoms with van der Waals surface area (Å²) in [4.78, 5) is 1.89. The van der Waals surface area contributed by atoms with Crippen LogP contribution < -0.4 is 11.5 Å². The number of hydrogen-bond donors (Lipinski definition) is 2. The molecule has 0 aromatic heterocycles. The van der Waals surface area contributed by atoms with Gasteiger partial charge in [0.2, 0.25) is 0 Å². The van der Waals surface area contributed by atoms with Gasteiger partial charge in [0, 0.05) is 12.8 Å². The standard InChI is InChI=1S/C9H17N3O/c1-12(2)9(11)6-7(10)4-5-8(9)13-3/h4-6,8H,10-11H2,1-3H3. The molecule has 0 aliphatic heterocycles. The Morgan fingerprint density at radius 1 is 1.54 bits per heavy atom. The van der Waals surface area contributed by atoms with Gasteiger partial charge in [-0.2, -0.15) is 0 Å². The van der Waals surface area contributed by atoms with E-state index in [4.69, 9.17) is 16.2 Å². The highest BCUT2D eigenvalue weighted by molar-refractivity contribution is 5.30. The Balaban J connectivity index is 2.98. The zero-order valence-electron chi connectivity index (χ0n) is 8.32. The first-order valence-electron chi connectivity index (χ1n) is 4.16. The number of hydrogen-bond acceptors (Lipinski definition) is 4. The Morgan fingerprint density at radius 2 is 2.15 bits per heavy atom. The summed E-state index contributed by atoms with van der Waals surface area (Å²) in [6.07, 6.45) is 5.33. The highest BCUT2D eigenvalue weighted by Gasteiger charge is 2.35. The van der Waals surface area contributed by atoms with Crippen LogP contribution in [-0.4, -0.2) is 37.9 Å². The zero-order valence-corrected chi connectivity index (χ0v) is 8.32. The molecule has 1 aliphatic rings. The summed E-state index contributed by atoms with van der Waals surface area (Å²) < 4.78 is 5.26. The number of nitrogens with two attached hydrogens (primary N) is 2. The Bertz CT molecular complexity index is 247. The lowest BCUT2D eigenvalue weighted by molar-refractivity contribution is 0.0233. The first-order chi connectivity index (χ1) is 6.00. The molecule has 0 spiro atoms. The number of ether oxygens (including phenoxy) is 1. The maximum atomic E-state index is 6.14. The van der Waals surface area contributed by atoms with Gasteiger partial charge >= 0.3 is 0 Å². The average Bonchev–Trinajstić information content (AvgIpc) is 2.04. The summed E-state index contributed by atoms with van der Waals surface area (Å²) in [6.45, 7) is 0. The van der Waals surface area contributed by atoms with E-state index in [1.807, 2.05) is 31.1 Å². The molecular weight excluding hydrogens is 166 g/mol. The smallest absolute Gasteiger partial charge is 0.120 e. The number of likely N-dealkylation sites (N-methyl/N-ethyl adjacent to an activating group) is 1. The van der Waals surface area contributed by atoms with Crippen LogP contribution in [0, 0.1) is 0 Å². The van der Waals surface area contributed by atoms with E-state index >= 15 is 0 Å². The third kappa shape index (κ3) is 1.75. The van der Waals surface area contributed by atoms with E-state index in [9.17, 15) is 0 Å². The Kier molecular flexibility index (Phi) is 2.75. The predicted octanol–water partition coefficient (Wildman–Crippen LogP) is -0.370. The molecule has 0 radical (unpaired) electrons. The maximum Gasteiger partial charge on any atom is 0.120 e. The molecule has 0 fully saturated rings. The van der Waals surface area contributed by atoms with Crippen molar-refractivity contribution in [3.05, 3.63) is 23.9 Å². The second-order valence-corrected chi connectivity index (χ2v) is 3.44. The van der Waals surface area contributed by atoms with Crippen molar-refractivity contribution in [3.8, 4) is 0 Å². The van der Waals surface area contributed by atoms with Crippen LogP contribution >= 0.6 is 0 Å². The van der Waals surface area contributed by atoms with Crippen molar-refractivity contribution in [2.45, 2.75) is 11.8 Å². The van der Waals surface area contributed by atoms with Crippen LogP contribution in [0.15, 0.2) is 23.9 Å². The lowest BCUT2D eigenvalue weighted by Gasteiger charge is -2.40. The third-order valence-corrected chi connectivity index (χ3v) is 2.35. The van der Waals surface area contributed by atoms with E-state index in [-0.39, 0.29) is 6.10 Å². The Morgan fingerprint density at radius 3 is 2.62 bits per heavy atom. The lowest BCUT2D eigenvalue weighted by atomic mass is 9.96. The average molecular weight is 183 g/mol. The second kappa shape index (κ2) is 3.49. The Labute approximate surface area is 78.8 Å². The largest absolute Gasteiger partial charge is 0.399 e. The van der Waals surface area contributed by atoms with Crippen LogP contribution in [0.2, 0.25) is 0 Å². The molecule has 2 atom stereocenters. The normalized spacial score (nSPS) is 33.6. The zero-order chi connectivity index (χ0) is 10.1. The van der Waals surface area contributed by atoms with Gasteiger partial charge in [0.1, 0.15) is 11.8 Å². The van der Waals surface area contributed by atoms with Crippen LogP contribution in [0.5, 0.6) is 0 Å². The summed E-state index contributed by atoms with van der Waals surface area (Å²) in [5.74, 6) is 0. The fourth-order valence-electron chi connectivity index (χ4n) is 1.40. The second-order valence-electron chi connectivity index (χ2n) is 3.44. The van der Waals surface area contributed by atoms with E-state index in [1.54, 1.807) is 13.2 Å². The molecule has 0 aromatic carbocycles. The van der Waals surface area contributed by atoms with Crippen LogP contribution in [0.3, 0.4) is 0 Å². The van der Waals surface area contributed by atoms with E-state index in [2.05, 4.69) is 0 Å². The maximum absolute atomic E-state index is 6.14. The van der Waals surface area contributed by atoms with Gasteiger partial charge in [-0.15, -0.1) is 0 Å². The Hall–Kier alpha value is -0.840. The van der Waals surface area contributed by atoms with Gasteiger partial charge in [-0.25, -0.2) is 0 Å². The van der Waals surface area contributed by atoms with Crippen molar-refractivity contribution >= 4 is 0 Å². The molecule has 0 bridgehead atoms. The van der Waals surface area contributed by atoms with Crippen molar-refractivity contribution in [3.63, 3.8) is 0 Å². The van der Waals surface area contributed by atoms with Gasteiger partial charge in [-0.05, 0) is 26.2 Å². The van der Waals surface area contributed by atoms with Crippen molar-refractivity contribution in [1.82, 2.24) is 4.90 Å². The number of methoxy groups -OCH3 is 1. The van der Waals surface area contributed by atoms with E-state index in [0.29, 0.717) is 5.70 Å². The topological polar surface area (TPSA) is 64.5 Å². The number of nitrogens with zero attached hydrogens (tertiary/aromatic N) is 1. The van der Waals surface area contributed by atoms with Gasteiger partial charge in [0.15, 0.2) is 0 Å². The molecule has 1 rings (SSSR count). The lowest BCUT2D eigenvalue weighted by Crippen LogP contribution is -2.60. The SMILES string of the molecule is COC1C=CC(N)=CC1(N)N(C)C. The molecule has 13 heavy (non-hydrogen) atoms. The van der Waals surface area contributed by atoms with Crippen LogP contribution in [0.25, 0.3) is 0 Å². The van der Waals surface area contributed by atoms with Crippen LogP contribution in [0.4, 0.5) is 0 Å². The summed E-state index contributed by atoms with van der Waals surface area (Å²) in [7, 11) is 5.43. The van der Waals surface area contributed by atoms with Gasteiger partial charge in [0.05, 0.1) is 0 Å². The minimum Gasteiger partial charge on any atom is -0.399 e. The molecule has 0 saturated heterocycles. The first-order valence-corrected chi connectivity index (χ1v) is 4.16. The van der Waals surface area contributed by atoms with Gasteiger partial charge in [-0.3, -0.25) is 4.90 Å². The molecular formula is C9H17N3O. The number of allylic oxidation sites excluding steroid dienone is 1. The molecule has 4 nitrogen and oxygen atoms in total. The highest BCUT2D eigenvalue weighted by Crippen LogP contribution is 2.21. The molecule has 0 heterocycles. The first kappa shape index (κ1) is 10.2. The summed E-state index contributed by atoms with van der Waals surface area (Å²) in [5, 5.41) is 0. The fraction of sp³-hybridized carbons (Fsp3) is 0.556. The molecule has 4 N–H and O–H groups in total. The summed E-state index contributed by atoms with van der Waals surface area (Å²) in [5.41, 5.74) is 11.8. The molecule has 4 heteroatoms. The molecule has 1 aliphatic carbocycles. The van der Waals surface area contributed by atoms with Gasteiger partial charge in [-0.1, -0.05) is 6.08 Å². The van der Waals surface area contributed by atoms with Crippen LogP contribution in [-0.2, 0) is 4.74 Å². The molecule has 0 saturated carbocycles. The molecule has 0 aromatic rings. The van der Waals surface area contributed by atoms with E-state index in [1.165, 1.54) is 0 Å². The van der Waals surface area contributed by atoms with Gasteiger partial charge in [0.25, 0.3) is 0 Å². The molecule has 74 valence electrons. The third-order valence-electron chi connectivity index (χ3n) is 2.35. The summed E-state index contributed by atoms with van der Waals surface area (Å²) >= 11 is 0. The van der Waals surface area contributed by atoms with E-state index in [0.717, 1.165) is 0 Å². The monoisotopic (exact) mass is 183 g/mol. The van der Waals surface area contributed by atoms with Gasteiger partial charge < -0.3 is 16.2 Å². The molecule has 2 unspecified atom stereocenters. The van der Waals surface area contributed by atoms with Crippen molar-refractivity contribution < 1.29 is 4.74 Å². The quantitative estimate of drug-likeness (QED) is 0.573. The fourth-order valence-corrected chi connectivity index (χ4v) is 1.40. The predicted molar refractivity (Wildman–Crippen MR) is 52.8 cm³/mol. The van der Waals surface area contributed by atoms with Crippen molar-refractivity contribution in [2.75, 3.05) is 21.2 Å². The van der Waals surface area contributed by atoms with Crippen molar-refractivity contribution in [1.29, 1.82) is 0 Å².